The first-order chi connectivity index (χ1) is 24.7. The van der Waals surface area contributed by atoms with Gasteiger partial charge in [0.05, 0.1) is 7.11 Å². The van der Waals surface area contributed by atoms with Crippen LogP contribution in [0, 0.1) is 0 Å². The van der Waals surface area contributed by atoms with E-state index in [1.807, 2.05) is 13.0 Å². The number of Topliss-reactive ketones (excluding diaryl/α,β-unsaturated/α-hetero) is 2. The number of rotatable bonds is 24. The van der Waals surface area contributed by atoms with E-state index in [4.69, 9.17) is 4.74 Å². The van der Waals surface area contributed by atoms with Crippen LogP contribution in [0.2, 0.25) is 0 Å². The highest BCUT2D eigenvalue weighted by Gasteiger charge is 2.28. The summed E-state index contributed by atoms with van der Waals surface area (Å²) in [6, 6.07) is 0. The number of allylic oxidation sites excluding steroid dienone is 18. The molecule has 0 unspecified atom stereocenters. The van der Waals surface area contributed by atoms with Crippen LogP contribution >= 0.6 is 0 Å². The predicted molar refractivity (Wildman–Crippen MR) is 222 cm³/mol. The van der Waals surface area contributed by atoms with E-state index >= 15 is 0 Å². The molecule has 0 bridgehead atoms. The third-order valence-corrected chi connectivity index (χ3v) is 9.82. The van der Waals surface area contributed by atoms with Gasteiger partial charge in [-0.15, -0.1) is 0 Å². The molecule has 1 aliphatic carbocycles. The Hall–Kier alpha value is -3.66. The highest BCUT2D eigenvalue weighted by Crippen LogP contribution is 2.26. The second-order valence-electron chi connectivity index (χ2n) is 15.2. The van der Waals surface area contributed by atoms with Gasteiger partial charge >= 0.3 is 0 Å². The monoisotopic (exact) mass is 712 g/mol. The normalized spacial score (nSPS) is 16.0. The highest BCUT2D eigenvalue weighted by molar-refractivity contribution is 6.23. The number of methoxy groups -OCH3 is 1. The zero-order valence-corrected chi connectivity index (χ0v) is 34.9. The molecule has 0 aromatic rings. The molecule has 0 aromatic heterocycles. The fourth-order valence-electron chi connectivity index (χ4n) is 6.11. The molecule has 0 N–H and O–H groups in total. The molecule has 0 spiro atoms. The Morgan fingerprint density at radius 2 is 0.769 bits per heavy atom. The molecule has 0 radical (unpaired) electrons. The number of hydrogen-bond acceptors (Lipinski definition) is 4. The van der Waals surface area contributed by atoms with Crippen molar-refractivity contribution in [2.45, 2.75) is 166 Å². The van der Waals surface area contributed by atoms with Gasteiger partial charge in [-0.05, 0) is 171 Å². The molecule has 0 saturated carbocycles. The SMILES string of the molecule is COC1=C([O-])C(=O)C(C)=C(C/C=C(\C)CC/C=C(\C)CC/C=C(\C)CC/C=C(\C)CC/C=C(\C)CC/C=C(\C)CC/C=C(\C)CCC=C(C)C)C1=O. The molecular weight excluding hydrogens is 641 g/mol. The fraction of sp³-hybridized carbons (Fsp3) is 0.542. The summed E-state index contributed by atoms with van der Waals surface area (Å²) in [5.41, 5.74) is 12.0. The summed E-state index contributed by atoms with van der Waals surface area (Å²) in [6.45, 7) is 21.4. The van der Waals surface area contributed by atoms with E-state index in [1.165, 1.54) is 52.5 Å². The first-order valence-electron chi connectivity index (χ1n) is 19.6. The Bertz CT molecular complexity index is 1500. The van der Waals surface area contributed by atoms with E-state index in [1.54, 1.807) is 6.92 Å². The van der Waals surface area contributed by atoms with Crippen LogP contribution in [0.1, 0.15) is 166 Å². The van der Waals surface area contributed by atoms with Crippen molar-refractivity contribution in [2.24, 2.45) is 0 Å². The second-order valence-corrected chi connectivity index (χ2v) is 15.2. The Labute approximate surface area is 318 Å². The number of ether oxygens (including phenoxy) is 1. The van der Waals surface area contributed by atoms with Gasteiger partial charge in [0.1, 0.15) is 0 Å². The van der Waals surface area contributed by atoms with E-state index < -0.39 is 17.3 Å². The molecule has 0 aromatic carbocycles. The van der Waals surface area contributed by atoms with Crippen LogP contribution in [-0.4, -0.2) is 18.7 Å². The van der Waals surface area contributed by atoms with Crippen LogP contribution in [0.5, 0.6) is 0 Å². The Balaban J connectivity index is 2.32. The van der Waals surface area contributed by atoms with Crippen molar-refractivity contribution >= 4 is 11.6 Å². The fourth-order valence-corrected chi connectivity index (χ4v) is 6.11. The van der Waals surface area contributed by atoms with Crippen LogP contribution in [0.15, 0.2) is 116 Å². The van der Waals surface area contributed by atoms with Crippen LogP contribution in [0.4, 0.5) is 0 Å². The quantitative estimate of drug-likeness (QED) is 0.0738. The lowest BCUT2D eigenvalue weighted by Crippen LogP contribution is -2.30. The standard InChI is InChI=1S/C48H72O4/c1-35(2)19-12-20-36(3)21-13-22-37(4)23-14-24-38(5)25-15-26-39(6)27-16-28-40(7)29-17-30-41(8)31-18-32-42(9)33-34-44-43(10)45(49)47(51)48(52-11)46(44)50/h19,21,23,25,27,29,31,33,51H,12-18,20,22,24,26,28,30,32,34H2,1-11H3/p-1/b36-21+,37-23+,38-25+,39-27+,40-29+,41-31+,42-33+. The summed E-state index contributed by atoms with van der Waals surface area (Å²) in [4.78, 5) is 24.8. The van der Waals surface area contributed by atoms with Gasteiger partial charge in [0.2, 0.25) is 5.78 Å². The minimum Gasteiger partial charge on any atom is -0.867 e. The lowest BCUT2D eigenvalue weighted by Gasteiger charge is -2.23. The third-order valence-electron chi connectivity index (χ3n) is 9.82. The molecule has 0 atom stereocenters. The van der Waals surface area contributed by atoms with Crippen LogP contribution < -0.4 is 5.11 Å². The topological polar surface area (TPSA) is 66.4 Å². The van der Waals surface area contributed by atoms with Gasteiger partial charge in [-0.3, -0.25) is 9.59 Å². The first-order valence-corrected chi connectivity index (χ1v) is 19.6. The number of carbonyl (C=O) groups is 2. The molecule has 288 valence electrons. The minimum absolute atomic E-state index is 0.226. The van der Waals surface area contributed by atoms with Gasteiger partial charge in [0, 0.05) is 11.1 Å². The molecule has 1 rings (SSSR count). The van der Waals surface area contributed by atoms with Gasteiger partial charge in [-0.1, -0.05) is 93.2 Å². The minimum atomic E-state index is -0.850. The highest BCUT2D eigenvalue weighted by atomic mass is 16.5. The molecule has 0 heterocycles. The zero-order chi connectivity index (χ0) is 39.1. The number of carbonyl (C=O) groups excluding carboxylic acids is 2. The summed E-state index contributed by atoms with van der Waals surface area (Å²) < 4.78 is 4.91. The maximum atomic E-state index is 12.6. The van der Waals surface area contributed by atoms with Crippen molar-refractivity contribution in [1.82, 2.24) is 0 Å². The molecule has 0 amide bonds. The van der Waals surface area contributed by atoms with Gasteiger partial charge < -0.3 is 9.84 Å². The lowest BCUT2D eigenvalue weighted by atomic mass is 9.90. The van der Waals surface area contributed by atoms with Crippen molar-refractivity contribution in [2.75, 3.05) is 7.11 Å². The van der Waals surface area contributed by atoms with Crippen molar-refractivity contribution < 1.29 is 19.4 Å². The first kappa shape index (κ1) is 46.4. The van der Waals surface area contributed by atoms with E-state index in [2.05, 4.69) is 97.9 Å². The summed E-state index contributed by atoms with van der Waals surface area (Å²) in [7, 11) is 1.25. The van der Waals surface area contributed by atoms with E-state index in [-0.39, 0.29) is 11.3 Å². The smallest absolute Gasteiger partial charge is 0.223 e. The maximum Gasteiger partial charge on any atom is 0.223 e. The van der Waals surface area contributed by atoms with Gasteiger partial charge in [-0.25, -0.2) is 0 Å². The Morgan fingerprint density at radius 3 is 1.06 bits per heavy atom. The van der Waals surface area contributed by atoms with Crippen molar-refractivity contribution in [3.63, 3.8) is 0 Å². The maximum absolute atomic E-state index is 12.6. The van der Waals surface area contributed by atoms with Crippen LogP contribution in [-0.2, 0) is 14.3 Å². The lowest BCUT2D eigenvalue weighted by molar-refractivity contribution is -0.301. The molecule has 4 heteroatoms. The van der Waals surface area contributed by atoms with Crippen molar-refractivity contribution in [3.05, 3.63) is 116 Å². The van der Waals surface area contributed by atoms with Crippen molar-refractivity contribution in [3.8, 4) is 0 Å². The number of hydrogen-bond donors (Lipinski definition) is 0. The van der Waals surface area contributed by atoms with Crippen LogP contribution in [0.3, 0.4) is 0 Å². The molecule has 1 aliphatic rings. The largest absolute Gasteiger partial charge is 0.867 e. The van der Waals surface area contributed by atoms with E-state index in [0.29, 0.717) is 12.0 Å². The molecular formula is C48H71O4-. The molecule has 0 aliphatic heterocycles. The second kappa shape index (κ2) is 26.2. The average Bonchev–Trinajstić information content (AvgIpc) is 3.07. The summed E-state index contributed by atoms with van der Waals surface area (Å²) in [6.07, 6.45) is 34.3. The van der Waals surface area contributed by atoms with Gasteiger partial charge in [0.25, 0.3) is 0 Å². The van der Waals surface area contributed by atoms with Gasteiger partial charge in [0.15, 0.2) is 11.5 Å². The average molecular weight is 712 g/mol. The Kier molecular flexibility index (Phi) is 23.3. The zero-order valence-electron chi connectivity index (χ0n) is 34.9. The van der Waals surface area contributed by atoms with Crippen molar-refractivity contribution in [1.29, 1.82) is 0 Å². The van der Waals surface area contributed by atoms with E-state index in [9.17, 15) is 14.7 Å². The Morgan fingerprint density at radius 1 is 0.481 bits per heavy atom. The van der Waals surface area contributed by atoms with Gasteiger partial charge in [-0.2, -0.15) is 0 Å². The third kappa shape index (κ3) is 19.8. The molecule has 52 heavy (non-hydrogen) atoms. The molecule has 0 saturated heterocycles. The number of ketones is 2. The summed E-state index contributed by atoms with van der Waals surface area (Å²) in [5.74, 6) is -2.35. The molecule has 4 nitrogen and oxygen atoms in total. The summed E-state index contributed by atoms with van der Waals surface area (Å²) in [5, 5.41) is 12.0. The van der Waals surface area contributed by atoms with Crippen LogP contribution in [0.25, 0.3) is 0 Å². The summed E-state index contributed by atoms with van der Waals surface area (Å²) >= 11 is 0. The predicted octanol–water partition coefficient (Wildman–Crippen LogP) is 13.1. The van der Waals surface area contributed by atoms with E-state index in [0.717, 1.165) is 89.0 Å². The molecule has 0 fully saturated rings.